The first-order valence-electron chi connectivity index (χ1n) is 6.27. The quantitative estimate of drug-likeness (QED) is 0.782. The van der Waals surface area contributed by atoms with Crippen molar-refractivity contribution in [1.29, 1.82) is 0 Å². The van der Waals surface area contributed by atoms with Crippen molar-refractivity contribution >= 4 is 27.5 Å². The average Bonchev–Trinajstić information content (AvgIpc) is 2.46. The molecule has 0 radical (unpaired) electrons. The largest absolute Gasteiger partial charge is 0.488 e. The van der Waals surface area contributed by atoms with Gasteiger partial charge in [-0.3, -0.25) is 0 Å². The summed E-state index contributed by atoms with van der Waals surface area (Å²) in [5.74, 6) is -0.845. The van der Waals surface area contributed by atoms with Gasteiger partial charge < -0.3 is 10.5 Å². The third-order valence-corrected chi connectivity index (χ3v) is 3.95. The average molecular weight is 377 g/mol. The van der Waals surface area contributed by atoms with Gasteiger partial charge in [-0.25, -0.2) is 8.78 Å². The van der Waals surface area contributed by atoms with Gasteiger partial charge >= 0.3 is 0 Å². The van der Waals surface area contributed by atoms with Crippen LogP contribution in [0.15, 0.2) is 34.8 Å². The van der Waals surface area contributed by atoms with Gasteiger partial charge in [0, 0.05) is 10.6 Å². The maximum absolute atomic E-state index is 13.9. The van der Waals surface area contributed by atoms with Gasteiger partial charge in [0.1, 0.15) is 24.0 Å². The molecular formula is C15H13BrClF2NO. The van der Waals surface area contributed by atoms with E-state index in [1.54, 1.807) is 18.2 Å². The predicted octanol–water partition coefficient (Wildman–Crippen LogP) is 4.46. The predicted molar refractivity (Wildman–Crippen MR) is 82.6 cm³/mol. The van der Waals surface area contributed by atoms with Crippen molar-refractivity contribution in [2.24, 2.45) is 5.73 Å². The second kappa shape index (κ2) is 7.20. The minimum Gasteiger partial charge on any atom is -0.488 e. The Morgan fingerprint density at radius 1 is 1.14 bits per heavy atom. The molecule has 0 spiro atoms. The van der Waals surface area contributed by atoms with Crippen LogP contribution in [0.3, 0.4) is 0 Å². The number of halogens is 4. The summed E-state index contributed by atoms with van der Waals surface area (Å²) in [4.78, 5) is 0. The zero-order valence-electron chi connectivity index (χ0n) is 11.0. The Balaban J connectivity index is 2.25. The topological polar surface area (TPSA) is 35.2 Å². The lowest BCUT2D eigenvalue weighted by Crippen LogP contribution is -2.07. The molecule has 2 rings (SSSR count). The third-order valence-electron chi connectivity index (χ3n) is 2.98. The fourth-order valence-corrected chi connectivity index (χ4v) is 2.54. The van der Waals surface area contributed by atoms with Gasteiger partial charge in [0.05, 0.1) is 10.0 Å². The molecule has 0 unspecified atom stereocenters. The Kier molecular flexibility index (Phi) is 5.56. The van der Waals surface area contributed by atoms with Crippen LogP contribution in [-0.2, 0) is 13.0 Å². The standard InChI is InChI=1S/C15H13BrClF2NO/c16-11-4-5-13(18)10(15(11)19)8-21-14-3-1-2-12(17)9(14)6-7-20/h1-5H,6-8,20H2. The van der Waals surface area contributed by atoms with E-state index in [-0.39, 0.29) is 16.6 Å². The van der Waals surface area contributed by atoms with Crippen LogP contribution in [0.25, 0.3) is 0 Å². The van der Waals surface area contributed by atoms with E-state index in [1.165, 1.54) is 12.1 Å². The first-order chi connectivity index (χ1) is 10.0. The number of benzene rings is 2. The molecule has 2 aromatic carbocycles. The van der Waals surface area contributed by atoms with Crippen molar-refractivity contribution < 1.29 is 13.5 Å². The number of ether oxygens (including phenoxy) is 1. The lowest BCUT2D eigenvalue weighted by molar-refractivity contribution is 0.289. The van der Waals surface area contributed by atoms with Crippen LogP contribution in [-0.4, -0.2) is 6.54 Å². The van der Waals surface area contributed by atoms with E-state index < -0.39 is 11.6 Å². The second-order valence-electron chi connectivity index (χ2n) is 4.37. The van der Waals surface area contributed by atoms with Crippen molar-refractivity contribution in [2.45, 2.75) is 13.0 Å². The van der Waals surface area contributed by atoms with Gasteiger partial charge in [0.2, 0.25) is 0 Å². The fourth-order valence-electron chi connectivity index (χ4n) is 1.91. The summed E-state index contributed by atoms with van der Waals surface area (Å²) in [6.07, 6.45) is 0.526. The van der Waals surface area contributed by atoms with Crippen LogP contribution in [0, 0.1) is 11.6 Å². The molecule has 0 aliphatic rings. The highest BCUT2D eigenvalue weighted by Gasteiger charge is 2.14. The first kappa shape index (κ1) is 16.2. The van der Waals surface area contributed by atoms with Crippen molar-refractivity contribution in [1.82, 2.24) is 0 Å². The monoisotopic (exact) mass is 375 g/mol. The van der Waals surface area contributed by atoms with Crippen LogP contribution in [0.2, 0.25) is 5.02 Å². The summed E-state index contributed by atoms with van der Waals surface area (Å²) in [7, 11) is 0. The molecule has 0 saturated heterocycles. The lowest BCUT2D eigenvalue weighted by atomic mass is 10.1. The van der Waals surface area contributed by atoms with Crippen LogP contribution in [0.1, 0.15) is 11.1 Å². The van der Waals surface area contributed by atoms with Crippen molar-refractivity contribution in [3.63, 3.8) is 0 Å². The Morgan fingerprint density at radius 3 is 2.62 bits per heavy atom. The SMILES string of the molecule is NCCc1c(Cl)cccc1OCc1c(F)ccc(Br)c1F. The van der Waals surface area contributed by atoms with Gasteiger partial charge in [0.15, 0.2) is 0 Å². The summed E-state index contributed by atoms with van der Waals surface area (Å²) in [6, 6.07) is 7.63. The van der Waals surface area contributed by atoms with E-state index in [1.807, 2.05) is 0 Å². The van der Waals surface area contributed by atoms with Gasteiger partial charge in [-0.1, -0.05) is 17.7 Å². The molecule has 6 heteroatoms. The molecule has 2 aromatic rings. The zero-order chi connectivity index (χ0) is 15.4. The minimum atomic E-state index is -0.669. The molecule has 2 N–H and O–H groups in total. The molecule has 21 heavy (non-hydrogen) atoms. The Bertz CT molecular complexity index is 652. The molecule has 0 aliphatic heterocycles. The molecule has 2 nitrogen and oxygen atoms in total. The molecule has 0 amide bonds. The number of rotatable bonds is 5. The fraction of sp³-hybridized carbons (Fsp3) is 0.200. The first-order valence-corrected chi connectivity index (χ1v) is 7.44. The molecular weight excluding hydrogens is 364 g/mol. The number of hydrogen-bond donors (Lipinski definition) is 1. The van der Waals surface area contributed by atoms with Crippen LogP contribution in [0.4, 0.5) is 8.78 Å². The van der Waals surface area contributed by atoms with Crippen LogP contribution in [0.5, 0.6) is 5.75 Å². The Labute approximate surface area is 135 Å². The van der Waals surface area contributed by atoms with Gasteiger partial charge in [-0.05, 0) is 53.2 Å². The normalized spacial score (nSPS) is 10.7. The molecule has 0 saturated carbocycles. The van der Waals surface area contributed by atoms with Gasteiger partial charge in [-0.2, -0.15) is 0 Å². The van der Waals surface area contributed by atoms with E-state index in [0.717, 1.165) is 5.56 Å². The molecule has 112 valence electrons. The summed E-state index contributed by atoms with van der Waals surface area (Å²) >= 11 is 9.11. The highest BCUT2D eigenvalue weighted by atomic mass is 79.9. The number of hydrogen-bond acceptors (Lipinski definition) is 2. The van der Waals surface area contributed by atoms with Crippen LogP contribution >= 0.6 is 27.5 Å². The summed E-state index contributed by atoms with van der Waals surface area (Å²) in [5.41, 5.74) is 6.13. The Morgan fingerprint density at radius 2 is 1.90 bits per heavy atom. The maximum atomic E-state index is 13.9. The van der Waals surface area contributed by atoms with Gasteiger partial charge in [0.25, 0.3) is 0 Å². The van der Waals surface area contributed by atoms with Crippen molar-refractivity contribution in [3.05, 3.63) is 62.6 Å². The van der Waals surface area contributed by atoms with E-state index in [2.05, 4.69) is 15.9 Å². The van der Waals surface area contributed by atoms with E-state index in [9.17, 15) is 8.78 Å². The summed E-state index contributed by atoms with van der Waals surface area (Å²) in [5, 5.41) is 0.521. The smallest absolute Gasteiger partial charge is 0.146 e. The Hall–Kier alpha value is -1.17. The van der Waals surface area contributed by atoms with Crippen molar-refractivity contribution in [3.8, 4) is 5.75 Å². The third kappa shape index (κ3) is 3.73. The summed E-state index contributed by atoms with van der Waals surface area (Å²) in [6.45, 7) is 0.175. The lowest BCUT2D eigenvalue weighted by Gasteiger charge is -2.13. The molecule has 0 bridgehead atoms. The van der Waals surface area contributed by atoms with E-state index >= 15 is 0 Å². The number of nitrogens with two attached hydrogens (primary N) is 1. The maximum Gasteiger partial charge on any atom is 0.146 e. The van der Waals surface area contributed by atoms with E-state index in [0.29, 0.717) is 23.7 Å². The molecule has 0 aromatic heterocycles. The zero-order valence-corrected chi connectivity index (χ0v) is 13.3. The second-order valence-corrected chi connectivity index (χ2v) is 5.63. The van der Waals surface area contributed by atoms with Gasteiger partial charge in [-0.15, -0.1) is 0 Å². The summed E-state index contributed by atoms with van der Waals surface area (Å²) < 4.78 is 33.3. The highest BCUT2D eigenvalue weighted by Crippen LogP contribution is 2.29. The molecule has 0 aliphatic carbocycles. The highest BCUT2D eigenvalue weighted by molar-refractivity contribution is 9.10. The molecule has 0 fully saturated rings. The van der Waals surface area contributed by atoms with E-state index in [4.69, 9.17) is 22.1 Å². The van der Waals surface area contributed by atoms with Crippen molar-refractivity contribution in [2.75, 3.05) is 6.54 Å². The molecule has 0 heterocycles. The molecule has 0 atom stereocenters. The van der Waals surface area contributed by atoms with Crippen LogP contribution < -0.4 is 10.5 Å². The minimum absolute atomic E-state index is 0.136.